The van der Waals surface area contributed by atoms with E-state index in [1.54, 1.807) is 0 Å². The van der Waals surface area contributed by atoms with Crippen LogP contribution in [0.1, 0.15) is 37.8 Å². The van der Waals surface area contributed by atoms with E-state index in [1.165, 1.54) is 43.6 Å². The highest BCUT2D eigenvalue weighted by Gasteiger charge is 2.28. The third-order valence-electron chi connectivity index (χ3n) is 5.05. The van der Waals surface area contributed by atoms with Crippen LogP contribution in [0.15, 0.2) is 18.2 Å². The standard InChI is InChI=1S/C17H26ClN3/c1-13(19-2)16-7-6-14(11-17(16)18)21-10-4-9-20-8-3-5-15(20)12-21/h6-7,11,13,15,19H,3-5,8-10,12H2,1-2H3. The SMILES string of the molecule is CNC(C)c1ccc(N2CCCN3CCCC3C2)cc1Cl. The molecule has 2 unspecified atom stereocenters. The molecule has 4 heteroatoms. The molecule has 0 spiro atoms. The number of nitrogens with zero attached hydrogens (tertiary/aromatic N) is 2. The Kier molecular flexibility index (Phi) is 4.72. The van der Waals surface area contributed by atoms with Crippen LogP contribution < -0.4 is 10.2 Å². The molecule has 21 heavy (non-hydrogen) atoms. The van der Waals surface area contributed by atoms with Gasteiger partial charge in [-0.1, -0.05) is 17.7 Å². The van der Waals surface area contributed by atoms with Gasteiger partial charge in [-0.05, 0) is 57.5 Å². The largest absolute Gasteiger partial charge is 0.370 e. The van der Waals surface area contributed by atoms with E-state index < -0.39 is 0 Å². The van der Waals surface area contributed by atoms with Crippen molar-refractivity contribution in [2.24, 2.45) is 0 Å². The van der Waals surface area contributed by atoms with Crippen LogP contribution in [0.5, 0.6) is 0 Å². The van der Waals surface area contributed by atoms with Crippen molar-refractivity contribution >= 4 is 17.3 Å². The first-order valence-electron chi connectivity index (χ1n) is 8.14. The molecule has 2 heterocycles. The van der Waals surface area contributed by atoms with Crippen molar-refractivity contribution < 1.29 is 0 Å². The molecule has 2 fully saturated rings. The summed E-state index contributed by atoms with van der Waals surface area (Å²) in [5.41, 5.74) is 2.46. The molecular weight excluding hydrogens is 282 g/mol. The quantitative estimate of drug-likeness (QED) is 0.924. The van der Waals surface area contributed by atoms with Crippen molar-refractivity contribution in [3.8, 4) is 0 Å². The van der Waals surface area contributed by atoms with Gasteiger partial charge in [0.25, 0.3) is 0 Å². The van der Waals surface area contributed by atoms with Crippen LogP contribution in [-0.2, 0) is 0 Å². The maximum absolute atomic E-state index is 6.50. The molecular formula is C17H26ClN3. The minimum absolute atomic E-state index is 0.293. The Hall–Kier alpha value is -0.770. The summed E-state index contributed by atoms with van der Waals surface area (Å²) in [6, 6.07) is 7.59. The van der Waals surface area contributed by atoms with E-state index in [1.807, 2.05) is 7.05 Å². The monoisotopic (exact) mass is 307 g/mol. The first kappa shape index (κ1) is 15.1. The highest BCUT2D eigenvalue weighted by molar-refractivity contribution is 6.31. The van der Waals surface area contributed by atoms with Crippen LogP contribution in [0, 0.1) is 0 Å². The molecule has 0 aliphatic carbocycles. The van der Waals surface area contributed by atoms with E-state index in [0.717, 1.165) is 24.2 Å². The number of benzene rings is 1. The number of fused-ring (bicyclic) bond motifs is 1. The summed E-state index contributed by atoms with van der Waals surface area (Å²) in [6.45, 7) is 6.98. The molecule has 0 aromatic heterocycles. The Labute approximate surface area is 133 Å². The summed E-state index contributed by atoms with van der Waals surface area (Å²) in [5.74, 6) is 0. The van der Waals surface area contributed by atoms with Crippen LogP contribution in [-0.4, -0.2) is 44.2 Å². The van der Waals surface area contributed by atoms with Crippen LogP contribution in [0.4, 0.5) is 5.69 Å². The third kappa shape index (κ3) is 3.20. The number of hydrogen-bond donors (Lipinski definition) is 1. The van der Waals surface area contributed by atoms with Gasteiger partial charge in [0.2, 0.25) is 0 Å². The molecule has 3 rings (SSSR count). The summed E-state index contributed by atoms with van der Waals surface area (Å²) < 4.78 is 0. The van der Waals surface area contributed by atoms with E-state index in [2.05, 4.69) is 40.2 Å². The molecule has 1 aromatic rings. The fraction of sp³-hybridized carbons (Fsp3) is 0.647. The van der Waals surface area contributed by atoms with Gasteiger partial charge in [0, 0.05) is 42.4 Å². The molecule has 0 saturated carbocycles. The van der Waals surface area contributed by atoms with Gasteiger partial charge < -0.3 is 10.2 Å². The molecule has 2 aliphatic heterocycles. The fourth-order valence-corrected chi connectivity index (χ4v) is 4.00. The number of anilines is 1. The zero-order valence-corrected chi connectivity index (χ0v) is 13.9. The van der Waals surface area contributed by atoms with Gasteiger partial charge in [-0.3, -0.25) is 4.90 Å². The Morgan fingerprint density at radius 3 is 2.81 bits per heavy atom. The lowest BCUT2D eigenvalue weighted by molar-refractivity contribution is 0.273. The second-order valence-corrected chi connectivity index (χ2v) is 6.75. The summed E-state index contributed by atoms with van der Waals surface area (Å²) >= 11 is 6.50. The van der Waals surface area contributed by atoms with Crippen molar-refractivity contribution in [2.75, 3.05) is 38.1 Å². The first-order valence-corrected chi connectivity index (χ1v) is 8.52. The highest BCUT2D eigenvalue weighted by atomic mass is 35.5. The third-order valence-corrected chi connectivity index (χ3v) is 5.38. The van der Waals surface area contributed by atoms with Gasteiger partial charge in [0.15, 0.2) is 0 Å². The average molecular weight is 308 g/mol. The van der Waals surface area contributed by atoms with Crippen molar-refractivity contribution in [3.63, 3.8) is 0 Å². The first-order chi connectivity index (χ1) is 10.2. The van der Waals surface area contributed by atoms with E-state index in [-0.39, 0.29) is 0 Å². The van der Waals surface area contributed by atoms with Gasteiger partial charge in [0.05, 0.1) is 0 Å². The minimum Gasteiger partial charge on any atom is -0.370 e. The molecule has 116 valence electrons. The average Bonchev–Trinajstić information content (AvgIpc) is 2.83. The molecule has 3 nitrogen and oxygen atoms in total. The molecule has 0 radical (unpaired) electrons. The van der Waals surface area contributed by atoms with Gasteiger partial charge in [-0.25, -0.2) is 0 Å². The zero-order valence-electron chi connectivity index (χ0n) is 13.1. The Balaban J connectivity index is 1.78. The summed E-state index contributed by atoms with van der Waals surface area (Å²) in [6.07, 6.45) is 3.96. The van der Waals surface area contributed by atoms with E-state index in [9.17, 15) is 0 Å². The predicted octanol–water partition coefficient (Wildman–Crippen LogP) is 3.29. The highest BCUT2D eigenvalue weighted by Crippen LogP contribution is 2.30. The Morgan fingerprint density at radius 2 is 2.05 bits per heavy atom. The van der Waals surface area contributed by atoms with Crippen LogP contribution in [0.2, 0.25) is 5.02 Å². The van der Waals surface area contributed by atoms with Crippen molar-refractivity contribution in [1.29, 1.82) is 0 Å². The molecule has 2 atom stereocenters. The summed E-state index contributed by atoms with van der Waals surface area (Å²) in [4.78, 5) is 5.19. The van der Waals surface area contributed by atoms with Crippen LogP contribution in [0.25, 0.3) is 0 Å². The molecule has 0 bridgehead atoms. The summed E-state index contributed by atoms with van der Waals surface area (Å²) in [7, 11) is 1.97. The number of nitrogens with one attached hydrogen (secondary N) is 1. The van der Waals surface area contributed by atoms with E-state index >= 15 is 0 Å². The number of rotatable bonds is 3. The second kappa shape index (κ2) is 6.55. The topological polar surface area (TPSA) is 18.5 Å². The van der Waals surface area contributed by atoms with Crippen molar-refractivity contribution in [1.82, 2.24) is 10.2 Å². The van der Waals surface area contributed by atoms with Gasteiger partial charge in [-0.2, -0.15) is 0 Å². The lowest BCUT2D eigenvalue weighted by Gasteiger charge is -2.28. The smallest absolute Gasteiger partial charge is 0.0474 e. The van der Waals surface area contributed by atoms with E-state index in [0.29, 0.717) is 6.04 Å². The lowest BCUT2D eigenvalue weighted by Crippen LogP contribution is -2.36. The van der Waals surface area contributed by atoms with E-state index in [4.69, 9.17) is 11.6 Å². The molecule has 2 saturated heterocycles. The Morgan fingerprint density at radius 1 is 1.24 bits per heavy atom. The zero-order chi connectivity index (χ0) is 14.8. The van der Waals surface area contributed by atoms with Crippen molar-refractivity contribution in [3.05, 3.63) is 28.8 Å². The molecule has 1 N–H and O–H groups in total. The number of hydrogen-bond acceptors (Lipinski definition) is 3. The van der Waals surface area contributed by atoms with Crippen LogP contribution >= 0.6 is 11.6 Å². The normalized spacial score (nSPS) is 24.7. The minimum atomic E-state index is 0.293. The molecule has 1 aromatic carbocycles. The maximum Gasteiger partial charge on any atom is 0.0474 e. The number of halogens is 1. The molecule has 0 amide bonds. The molecule has 2 aliphatic rings. The van der Waals surface area contributed by atoms with Gasteiger partial charge >= 0.3 is 0 Å². The fourth-order valence-electron chi connectivity index (χ4n) is 3.66. The summed E-state index contributed by atoms with van der Waals surface area (Å²) in [5, 5.41) is 4.13. The van der Waals surface area contributed by atoms with Crippen LogP contribution in [0.3, 0.4) is 0 Å². The Bertz CT molecular complexity index is 491. The van der Waals surface area contributed by atoms with Crippen molar-refractivity contribution in [2.45, 2.75) is 38.3 Å². The van der Waals surface area contributed by atoms with Gasteiger partial charge in [-0.15, -0.1) is 0 Å². The maximum atomic E-state index is 6.50. The van der Waals surface area contributed by atoms with Gasteiger partial charge in [0.1, 0.15) is 0 Å². The second-order valence-electron chi connectivity index (χ2n) is 6.35. The lowest BCUT2D eigenvalue weighted by atomic mass is 10.1. The predicted molar refractivity (Wildman–Crippen MR) is 90.4 cm³/mol.